The Kier molecular flexibility index (Phi) is 6.65. The molecule has 1 atom stereocenters. The van der Waals surface area contributed by atoms with Crippen LogP contribution in [0.1, 0.15) is 6.42 Å². The van der Waals surface area contributed by atoms with Gasteiger partial charge in [-0.25, -0.2) is 0 Å². The van der Waals surface area contributed by atoms with E-state index in [1.165, 1.54) is 0 Å². The number of anilines is 2. The van der Waals surface area contributed by atoms with Gasteiger partial charge in [-0.2, -0.15) is 0 Å². The van der Waals surface area contributed by atoms with Crippen LogP contribution in [0.5, 0.6) is 5.75 Å². The van der Waals surface area contributed by atoms with E-state index >= 15 is 0 Å². The molecule has 168 valence electrons. The smallest absolute Gasteiger partial charge is 0.236 e. The summed E-state index contributed by atoms with van der Waals surface area (Å²) in [5.74, 6) is 0.0722. The standard InChI is InChI=1S/C23H27N5O4/c29-21-3-1-2-20(14-21)27-10-12-28(13-11-27)22(30)16-26-9-8-17(15-26)23(31)24-18-4-6-19(25-32)7-5-18/h1-7,14,17,29H,8-13,15-16H2,(H,24,31). The van der Waals surface area contributed by atoms with Crippen molar-refractivity contribution in [3.8, 4) is 5.75 Å². The second-order valence-electron chi connectivity index (χ2n) is 8.24. The third-order valence-electron chi connectivity index (χ3n) is 6.07. The van der Waals surface area contributed by atoms with Crippen LogP contribution in [0.3, 0.4) is 0 Å². The average molecular weight is 438 g/mol. The zero-order valence-corrected chi connectivity index (χ0v) is 17.8. The largest absolute Gasteiger partial charge is 0.508 e. The number of rotatable bonds is 6. The maximum Gasteiger partial charge on any atom is 0.236 e. The van der Waals surface area contributed by atoms with Crippen LogP contribution in [0.25, 0.3) is 0 Å². The minimum absolute atomic E-state index is 0.0773. The Morgan fingerprint density at radius 3 is 2.47 bits per heavy atom. The molecule has 4 rings (SSSR count). The van der Waals surface area contributed by atoms with Gasteiger partial charge in [0.25, 0.3) is 0 Å². The Balaban J connectivity index is 1.22. The van der Waals surface area contributed by atoms with E-state index in [9.17, 15) is 19.6 Å². The molecule has 2 aromatic rings. The molecule has 2 N–H and O–H groups in total. The highest BCUT2D eigenvalue weighted by molar-refractivity contribution is 5.93. The van der Waals surface area contributed by atoms with Gasteiger partial charge in [-0.1, -0.05) is 6.07 Å². The predicted octanol–water partition coefficient (Wildman–Crippen LogP) is 2.40. The summed E-state index contributed by atoms with van der Waals surface area (Å²) in [5, 5.41) is 15.4. The number of aromatic hydroxyl groups is 1. The van der Waals surface area contributed by atoms with Gasteiger partial charge in [0.1, 0.15) is 11.4 Å². The Bertz CT molecular complexity index is 973. The van der Waals surface area contributed by atoms with Crippen molar-refractivity contribution in [2.45, 2.75) is 6.42 Å². The molecule has 0 aromatic heterocycles. The monoisotopic (exact) mass is 437 g/mol. The topological polar surface area (TPSA) is 106 Å². The molecule has 2 saturated heterocycles. The van der Waals surface area contributed by atoms with Crippen molar-refractivity contribution in [2.24, 2.45) is 11.1 Å². The van der Waals surface area contributed by atoms with E-state index in [1.807, 2.05) is 21.9 Å². The molecule has 2 aliphatic rings. The second-order valence-corrected chi connectivity index (χ2v) is 8.24. The number of phenols is 1. The minimum atomic E-state index is -0.172. The van der Waals surface area contributed by atoms with E-state index in [-0.39, 0.29) is 23.5 Å². The number of carbonyl (C=O) groups is 2. The number of benzene rings is 2. The highest BCUT2D eigenvalue weighted by atomic mass is 16.3. The van der Waals surface area contributed by atoms with Crippen molar-refractivity contribution in [1.29, 1.82) is 0 Å². The van der Waals surface area contributed by atoms with E-state index < -0.39 is 0 Å². The van der Waals surface area contributed by atoms with Crippen molar-refractivity contribution in [3.05, 3.63) is 53.4 Å². The SMILES string of the molecule is O=Nc1ccc(NC(=O)C2CCN(CC(=O)N3CCN(c4cccc(O)c4)CC3)C2)cc1. The van der Waals surface area contributed by atoms with Crippen LogP contribution < -0.4 is 10.2 Å². The zero-order valence-electron chi connectivity index (χ0n) is 17.8. The van der Waals surface area contributed by atoms with Gasteiger partial charge in [-0.05, 0) is 54.5 Å². The van der Waals surface area contributed by atoms with Crippen LogP contribution in [0.2, 0.25) is 0 Å². The van der Waals surface area contributed by atoms with E-state index in [1.54, 1.807) is 36.4 Å². The molecule has 2 aromatic carbocycles. The highest BCUT2D eigenvalue weighted by Crippen LogP contribution is 2.23. The fourth-order valence-electron chi connectivity index (χ4n) is 4.24. The first kappa shape index (κ1) is 21.8. The lowest BCUT2D eigenvalue weighted by atomic mass is 10.1. The highest BCUT2D eigenvalue weighted by Gasteiger charge is 2.31. The summed E-state index contributed by atoms with van der Waals surface area (Å²) >= 11 is 0. The third-order valence-corrected chi connectivity index (χ3v) is 6.07. The summed E-state index contributed by atoms with van der Waals surface area (Å²) in [6, 6.07) is 13.6. The third kappa shape index (κ3) is 5.23. The molecule has 2 amide bonds. The van der Waals surface area contributed by atoms with Crippen LogP contribution in [0, 0.1) is 10.8 Å². The lowest BCUT2D eigenvalue weighted by molar-refractivity contribution is -0.132. The first-order chi connectivity index (χ1) is 15.5. The molecule has 2 aliphatic heterocycles. The molecule has 2 heterocycles. The fraction of sp³-hybridized carbons (Fsp3) is 0.391. The van der Waals surface area contributed by atoms with Crippen molar-refractivity contribution in [3.63, 3.8) is 0 Å². The summed E-state index contributed by atoms with van der Waals surface area (Å²) in [4.78, 5) is 41.9. The Morgan fingerprint density at radius 2 is 1.78 bits per heavy atom. The summed E-state index contributed by atoms with van der Waals surface area (Å²) in [6.45, 7) is 4.29. The molecule has 0 aliphatic carbocycles. The van der Waals surface area contributed by atoms with Crippen LogP contribution in [0.15, 0.2) is 53.7 Å². The molecule has 0 bridgehead atoms. The molecule has 0 spiro atoms. The van der Waals surface area contributed by atoms with Crippen molar-refractivity contribution in [2.75, 3.05) is 56.0 Å². The number of hydrogen-bond donors (Lipinski definition) is 2. The molecule has 0 saturated carbocycles. The number of piperazine rings is 1. The molecular weight excluding hydrogens is 410 g/mol. The van der Waals surface area contributed by atoms with Gasteiger partial charge in [-0.3, -0.25) is 14.5 Å². The predicted molar refractivity (Wildman–Crippen MR) is 122 cm³/mol. The second kappa shape index (κ2) is 9.78. The van der Waals surface area contributed by atoms with Crippen LogP contribution >= 0.6 is 0 Å². The normalized spacial score (nSPS) is 19.1. The number of likely N-dealkylation sites (tertiary alicyclic amines) is 1. The van der Waals surface area contributed by atoms with Gasteiger partial charge in [0.15, 0.2) is 0 Å². The number of nitroso groups, excluding NO2 is 1. The van der Waals surface area contributed by atoms with Crippen LogP contribution in [-0.4, -0.2) is 72.5 Å². The van der Waals surface area contributed by atoms with Crippen molar-refractivity contribution >= 4 is 28.9 Å². The Morgan fingerprint density at radius 1 is 1.03 bits per heavy atom. The first-order valence-corrected chi connectivity index (χ1v) is 10.8. The number of hydrogen-bond acceptors (Lipinski definition) is 7. The van der Waals surface area contributed by atoms with Gasteiger partial charge in [0.2, 0.25) is 11.8 Å². The number of nitrogens with zero attached hydrogens (tertiary/aromatic N) is 4. The van der Waals surface area contributed by atoms with Crippen LogP contribution in [-0.2, 0) is 9.59 Å². The Hall–Kier alpha value is -3.46. The fourth-order valence-corrected chi connectivity index (χ4v) is 4.24. The molecule has 0 radical (unpaired) electrons. The number of carbonyl (C=O) groups excluding carboxylic acids is 2. The number of nitrogens with one attached hydrogen (secondary N) is 1. The van der Waals surface area contributed by atoms with Crippen LogP contribution in [0.4, 0.5) is 17.1 Å². The van der Waals surface area contributed by atoms with E-state index in [0.29, 0.717) is 50.5 Å². The maximum atomic E-state index is 12.8. The number of phenolic OH excluding ortho intramolecular Hbond substituents is 1. The summed E-state index contributed by atoms with van der Waals surface area (Å²) in [6.07, 6.45) is 0.707. The quantitative estimate of drug-likeness (QED) is 0.673. The molecule has 9 nitrogen and oxygen atoms in total. The summed E-state index contributed by atoms with van der Waals surface area (Å²) in [5.41, 5.74) is 1.90. The first-order valence-electron chi connectivity index (χ1n) is 10.8. The Labute approximate surface area is 186 Å². The molecule has 9 heteroatoms. The summed E-state index contributed by atoms with van der Waals surface area (Å²) < 4.78 is 0. The van der Waals surface area contributed by atoms with Gasteiger partial charge in [0.05, 0.1) is 12.5 Å². The van der Waals surface area contributed by atoms with Crippen molar-refractivity contribution in [1.82, 2.24) is 9.80 Å². The average Bonchev–Trinajstić information content (AvgIpc) is 3.28. The van der Waals surface area contributed by atoms with Gasteiger partial charge in [-0.15, -0.1) is 4.91 Å². The molecule has 1 unspecified atom stereocenters. The van der Waals surface area contributed by atoms with E-state index in [4.69, 9.17) is 0 Å². The van der Waals surface area contributed by atoms with Gasteiger partial charge in [0, 0.05) is 50.2 Å². The zero-order chi connectivity index (χ0) is 22.5. The van der Waals surface area contributed by atoms with Gasteiger partial charge < -0.3 is 20.2 Å². The lowest BCUT2D eigenvalue weighted by Gasteiger charge is -2.36. The van der Waals surface area contributed by atoms with Gasteiger partial charge >= 0.3 is 0 Å². The minimum Gasteiger partial charge on any atom is -0.508 e. The molecule has 32 heavy (non-hydrogen) atoms. The van der Waals surface area contributed by atoms with Crippen molar-refractivity contribution < 1.29 is 14.7 Å². The maximum absolute atomic E-state index is 12.8. The van der Waals surface area contributed by atoms with E-state index in [0.717, 1.165) is 18.8 Å². The lowest BCUT2D eigenvalue weighted by Crippen LogP contribution is -2.51. The molecule has 2 fully saturated rings. The summed E-state index contributed by atoms with van der Waals surface area (Å²) in [7, 11) is 0. The van der Waals surface area contributed by atoms with E-state index in [2.05, 4.69) is 15.4 Å². The molecular formula is C23H27N5O4. The number of amides is 2.